The highest BCUT2D eigenvalue weighted by Gasteiger charge is 1.96. The molecular weight excluding hydrogens is 198 g/mol. The van der Waals surface area contributed by atoms with Crippen molar-refractivity contribution >= 4 is 0 Å². The second-order valence-electron chi connectivity index (χ2n) is 4.05. The Morgan fingerprint density at radius 3 is 3.06 bits per heavy atom. The summed E-state index contributed by atoms with van der Waals surface area (Å²) in [6, 6.07) is 4.33. The Hall–Kier alpha value is -1.27. The maximum absolute atomic E-state index is 8.42. The van der Waals surface area contributed by atoms with Crippen molar-refractivity contribution in [3.63, 3.8) is 0 Å². The number of aromatic nitrogens is 1. The molecule has 1 N–H and O–H groups in total. The second kappa shape index (κ2) is 7.95. The molecule has 0 spiro atoms. The van der Waals surface area contributed by atoms with Gasteiger partial charge >= 0.3 is 0 Å². The van der Waals surface area contributed by atoms with Crippen LogP contribution in [0.4, 0.5) is 0 Å². The minimum atomic E-state index is 0.673. The van der Waals surface area contributed by atoms with Crippen molar-refractivity contribution in [3.8, 4) is 6.07 Å². The van der Waals surface area contributed by atoms with Crippen molar-refractivity contribution < 1.29 is 0 Å². The zero-order valence-corrected chi connectivity index (χ0v) is 10.1. The number of rotatable bonds is 8. The predicted molar refractivity (Wildman–Crippen MR) is 65.9 cm³/mol. The van der Waals surface area contributed by atoms with Crippen molar-refractivity contribution in [1.82, 2.24) is 9.88 Å². The smallest absolute Gasteiger partial charge is 0.0621 e. The van der Waals surface area contributed by atoms with Crippen molar-refractivity contribution in [1.29, 1.82) is 5.26 Å². The third kappa shape index (κ3) is 4.99. The Labute approximate surface area is 98.1 Å². The van der Waals surface area contributed by atoms with E-state index in [0.29, 0.717) is 6.42 Å². The van der Waals surface area contributed by atoms with Crippen molar-refractivity contribution in [2.45, 2.75) is 45.7 Å². The summed E-state index contributed by atoms with van der Waals surface area (Å²) in [5.74, 6) is 0. The normalized spacial score (nSPS) is 10.2. The first kappa shape index (κ1) is 12.8. The van der Waals surface area contributed by atoms with Crippen LogP contribution in [0.25, 0.3) is 0 Å². The molecule has 0 saturated carbocycles. The molecule has 1 aromatic rings. The van der Waals surface area contributed by atoms with Gasteiger partial charge in [-0.05, 0) is 37.4 Å². The molecule has 0 radical (unpaired) electrons. The number of nitriles is 1. The van der Waals surface area contributed by atoms with Gasteiger partial charge in [0, 0.05) is 31.9 Å². The molecule has 3 nitrogen and oxygen atoms in total. The van der Waals surface area contributed by atoms with E-state index in [9.17, 15) is 0 Å². The van der Waals surface area contributed by atoms with Gasteiger partial charge in [0.05, 0.1) is 6.07 Å². The van der Waals surface area contributed by atoms with Crippen LogP contribution in [0, 0.1) is 11.3 Å². The van der Waals surface area contributed by atoms with Crippen molar-refractivity contribution in [2.75, 3.05) is 6.54 Å². The van der Waals surface area contributed by atoms with Crippen LogP contribution in [-0.4, -0.2) is 11.1 Å². The summed E-state index contributed by atoms with van der Waals surface area (Å²) in [6.45, 7) is 5.23. The maximum atomic E-state index is 8.42. The Morgan fingerprint density at radius 1 is 1.44 bits per heavy atom. The van der Waals surface area contributed by atoms with Gasteiger partial charge in [0.1, 0.15) is 0 Å². The van der Waals surface area contributed by atoms with E-state index in [1.54, 1.807) is 0 Å². The van der Waals surface area contributed by atoms with Crippen molar-refractivity contribution in [3.05, 3.63) is 24.0 Å². The minimum absolute atomic E-state index is 0.673. The summed E-state index contributed by atoms with van der Waals surface area (Å²) in [5, 5.41) is 11.8. The standard InChI is InChI=1S/C13H21N3/c1-2-8-15-11-13-6-10-16(12-13)9-5-3-4-7-14/h6,10,12,15H,2-5,8-9,11H2,1H3. The summed E-state index contributed by atoms with van der Waals surface area (Å²) < 4.78 is 2.21. The van der Waals surface area contributed by atoms with E-state index in [2.05, 4.69) is 41.3 Å². The number of nitrogens with one attached hydrogen (secondary N) is 1. The lowest BCUT2D eigenvalue weighted by atomic mass is 10.2. The van der Waals surface area contributed by atoms with Gasteiger partial charge in [-0.15, -0.1) is 0 Å². The first-order chi connectivity index (χ1) is 7.86. The molecule has 0 aliphatic rings. The van der Waals surface area contributed by atoms with E-state index in [1.807, 2.05) is 0 Å². The van der Waals surface area contributed by atoms with Crippen LogP contribution >= 0.6 is 0 Å². The fourth-order valence-electron chi connectivity index (χ4n) is 1.64. The SMILES string of the molecule is CCCNCc1ccn(CCCCC#N)c1. The Kier molecular flexibility index (Phi) is 6.36. The molecule has 0 aromatic carbocycles. The van der Waals surface area contributed by atoms with Gasteiger partial charge in [-0.1, -0.05) is 6.92 Å². The van der Waals surface area contributed by atoms with E-state index < -0.39 is 0 Å². The van der Waals surface area contributed by atoms with E-state index in [-0.39, 0.29) is 0 Å². The first-order valence-electron chi connectivity index (χ1n) is 6.09. The first-order valence-corrected chi connectivity index (χ1v) is 6.09. The van der Waals surface area contributed by atoms with Crippen LogP contribution in [0.5, 0.6) is 0 Å². The quantitative estimate of drug-likeness (QED) is 0.683. The molecule has 0 bridgehead atoms. The second-order valence-corrected chi connectivity index (χ2v) is 4.05. The van der Waals surface area contributed by atoms with E-state index in [1.165, 1.54) is 12.0 Å². The highest BCUT2D eigenvalue weighted by Crippen LogP contribution is 2.04. The lowest BCUT2D eigenvalue weighted by Crippen LogP contribution is -2.13. The van der Waals surface area contributed by atoms with Gasteiger partial charge in [-0.2, -0.15) is 5.26 Å². The molecular formula is C13H21N3. The van der Waals surface area contributed by atoms with Gasteiger partial charge in [0.2, 0.25) is 0 Å². The van der Waals surface area contributed by atoms with Gasteiger partial charge < -0.3 is 9.88 Å². The van der Waals surface area contributed by atoms with Gasteiger partial charge in [-0.3, -0.25) is 0 Å². The summed E-state index contributed by atoms with van der Waals surface area (Å²) in [6.07, 6.45) is 8.24. The Morgan fingerprint density at radius 2 is 2.31 bits per heavy atom. The fraction of sp³-hybridized carbons (Fsp3) is 0.615. The average Bonchev–Trinajstić information content (AvgIpc) is 2.73. The molecule has 3 heteroatoms. The van der Waals surface area contributed by atoms with Crippen LogP contribution in [0.15, 0.2) is 18.5 Å². The van der Waals surface area contributed by atoms with Crippen LogP contribution in [0.2, 0.25) is 0 Å². The Bertz CT molecular complexity index is 322. The third-order valence-corrected chi connectivity index (χ3v) is 2.52. The largest absolute Gasteiger partial charge is 0.354 e. The van der Waals surface area contributed by atoms with Gasteiger partial charge in [0.15, 0.2) is 0 Å². The molecule has 0 saturated heterocycles. The molecule has 1 aromatic heterocycles. The summed E-state index contributed by atoms with van der Waals surface area (Å²) in [7, 11) is 0. The molecule has 1 rings (SSSR count). The highest BCUT2D eigenvalue weighted by molar-refractivity contribution is 5.09. The average molecular weight is 219 g/mol. The fourth-order valence-corrected chi connectivity index (χ4v) is 1.64. The summed E-state index contributed by atoms with van der Waals surface area (Å²) in [4.78, 5) is 0. The van der Waals surface area contributed by atoms with Gasteiger partial charge in [0.25, 0.3) is 0 Å². The number of unbranched alkanes of at least 4 members (excludes halogenated alkanes) is 2. The molecule has 0 aliphatic carbocycles. The van der Waals surface area contributed by atoms with Crippen LogP contribution in [-0.2, 0) is 13.1 Å². The van der Waals surface area contributed by atoms with Crippen LogP contribution in [0.1, 0.15) is 38.2 Å². The zero-order chi connectivity index (χ0) is 11.6. The van der Waals surface area contributed by atoms with E-state index in [4.69, 9.17) is 5.26 Å². The maximum Gasteiger partial charge on any atom is 0.0621 e. The highest BCUT2D eigenvalue weighted by atomic mass is 14.9. The predicted octanol–water partition coefficient (Wildman–Crippen LogP) is 2.68. The molecule has 88 valence electrons. The summed E-state index contributed by atoms with van der Waals surface area (Å²) >= 11 is 0. The molecule has 0 fully saturated rings. The number of hydrogen-bond donors (Lipinski definition) is 1. The molecule has 0 unspecified atom stereocenters. The van der Waals surface area contributed by atoms with Gasteiger partial charge in [-0.25, -0.2) is 0 Å². The lowest BCUT2D eigenvalue weighted by Gasteiger charge is -2.01. The molecule has 0 aliphatic heterocycles. The van der Waals surface area contributed by atoms with E-state index >= 15 is 0 Å². The van der Waals surface area contributed by atoms with Crippen molar-refractivity contribution in [2.24, 2.45) is 0 Å². The molecule has 16 heavy (non-hydrogen) atoms. The number of nitrogens with zero attached hydrogens (tertiary/aromatic N) is 2. The molecule has 1 heterocycles. The zero-order valence-electron chi connectivity index (χ0n) is 10.1. The number of aryl methyl sites for hydroxylation is 1. The molecule has 0 atom stereocenters. The topological polar surface area (TPSA) is 40.8 Å². The van der Waals surface area contributed by atoms with Crippen LogP contribution < -0.4 is 5.32 Å². The third-order valence-electron chi connectivity index (χ3n) is 2.52. The van der Waals surface area contributed by atoms with Crippen LogP contribution in [0.3, 0.4) is 0 Å². The lowest BCUT2D eigenvalue weighted by molar-refractivity contribution is 0.615. The summed E-state index contributed by atoms with van der Waals surface area (Å²) in [5.41, 5.74) is 1.34. The Balaban J connectivity index is 2.20. The minimum Gasteiger partial charge on any atom is -0.354 e. The molecule has 0 amide bonds. The monoisotopic (exact) mass is 219 g/mol. The number of hydrogen-bond acceptors (Lipinski definition) is 2. The van der Waals surface area contributed by atoms with E-state index in [0.717, 1.165) is 32.5 Å².